The van der Waals surface area contributed by atoms with Crippen molar-refractivity contribution >= 4 is 39.0 Å². The Labute approximate surface area is 139 Å². The highest BCUT2D eigenvalue weighted by molar-refractivity contribution is 9.10. The monoisotopic (exact) mass is 363 g/mol. The first kappa shape index (κ1) is 15.9. The first-order valence-corrected chi connectivity index (χ1v) is 7.83. The molecule has 0 aliphatic rings. The molecule has 1 aromatic carbocycles. The van der Waals surface area contributed by atoms with Gasteiger partial charge in [-0.05, 0) is 37.1 Å². The van der Waals surface area contributed by atoms with Crippen molar-refractivity contribution in [3.8, 4) is 0 Å². The van der Waals surface area contributed by atoms with E-state index in [0.29, 0.717) is 4.99 Å². The van der Waals surface area contributed by atoms with Crippen molar-refractivity contribution in [3.63, 3.8) is 0 Å². The van der Waals surface area contributed by atoms with E-state index in [0.717, 1.165) is 33.7 Å². The first-order chi connectivity index (χ1) is 9.90. The number of nitrogens with two attached hydrogens (primary N) is 1. The molecule has 0 aliphatic heterocycles. The zero-order chi connectivity index (χ0) is 15.6. The summed E-state index contributed by atoms with van der Waals surface area (Å²) < 4.78 is 1.08. The third-order valence-corrected chi connectivity index (χ3v) is 4.28. The lowest BCUT2D eigenvalue weighted by Crippen LogP contribution is -2.24. The zero-order valence-corrected chi connectivity index (χ0v) is 14.8. The van der Waals surface area contributed by atoms with Gasteiger partial charge in [-0.3, -0.25) is 0 Å². The van der Waals surface area contributed by atoms with Crippen LogP contribution in [0.5, 0.6) is 0 Å². The number of aromatic nitrogens is 1. The number of hydrogen-bond acceptors (Lipinski definition) is 3. The molecule has 0 atom stereocenters. The van der Waals surface area contributed by atoms with Gasteiger partial charge in [-0.1, -0.05) is 46.3 Å². The second-order valence-corrected chi connectivity index (χ2v) is 6.39. The van der Waals surface area contributed by atoms with Gasteiger partial charge in [0.15, 0.2) is 0 Å². The van der Waals surface area contributed by atoms with Crippen molar-refractivity contribution in [3.05, 3.63) is 57.2 Å². The van der Waals surface area contributed by atoms with Gasteiger partial charge in [0.25, 0.3) is 0 Å². The summed E-state index contributed by atoms with van der Waals surface area (Å²) in [5.74, 6) is 0.829. The Morgan fingerprint density at radius 1 is 1.33 bits per heavy atom. The minimum absolute atomic E-state index is 0.383. The molecule has 21 heavy (non-hydrogen) atoms. The van der Waals surface area contributed by atoms with Crippen molar-refractivity contribution in [1.82, 2.24) is 4.98 Å². The predicted molar refractivity (Wildman–Crippen MR) is 95.8 cm³/mol. The maximum atomic E-state index is 5.88. The van der Waals surface area contributed by atoms with Gasteiger partial charge in [0.05, 0.1) is 5.56 Å². The van der Waals surface area contributed by atoms with Crippen LogP contribution < -0.4 is 10.6 Å². The second-order valence-electron chi connectivity index (χ2n) is 5.09. The van der Waals surface area contributed by atoms with Crippen molar-refractivity contribution in [1.29, 1.82) is 0 Å². The maximum Gasteiger partial charge on any atom is 0.139 e. The molecule has 0 aliphatic carbocycles. The number of thiocarbonyl (C=S) groups is 1. The first-order valence-electron chi connectivity index (χ1n) is 6.62. The molecule has 3 nitrogen and oxygen atoms in total. The van der Waals surface area contributed by atoms with Gasteiger partial charge in [-0.25, -0.2) is 4.98 Å². The van der Waals surface area contributed by atoms with Crippen LogP contribution in [-0.4, -0.2) is 17.0 Å². The van der Waals surface area contributed by atoms with Crippen LogP contribution in [0.3, 0.4) is 0 Å². The van der Waals surface area contributed by atoms with E-state index in [2.05, 4.69) is 31.9 Å². The Morgan fingerprint density at radius 3 is 2.62 bits per heavy atom. The zero-order valence-electron chi connectivity index (χ0n) is 12.4. The fraction of sp³-hybridized carbons (Fsp3) is 0.250. The van der Waals surface area contributed by atoms with Crippen molar-refractivity contribution in [2.45, 2.75) is 20.4 Å². The standard InChI is InChI=1S/C16H18BrN3S/c1-10-8-11(2)19-16(14(10)15(18)21)20(3)9-12-6-4-5-7-13(12)17/h4-8H,9H2,1-3H3,(H2,18,21). The fourth-order valence-electron chi connectivity index (χ4n) is 2.35. The molecule has 0 saturated heterocycles. The molecule has 110 valence electrons. The van der Waals surface area contributed by atoms with Crippen LogP contribution in [0.2, 0.25) is 0 Å². The van der Waals surface area contributed by atoms with Crippen LogP contribution in [0.25, 0.3) is 0 Å². The second kappa shape index (κ2) is 6.54. The Hall–Kier alpha value is -1.46. The topological polar surface area (TPSA) is 42.1 Å². The van der Waals surface area contributed by atoms with Crippen molar-refractivity contribution in [2.75, 3.05) is 11.9 Å². The molecule has 0 unspecified atom stereocenters. The molecule has 0 bridgehead atoms. The molecule has 0 fully saturated rings. The van der Waals surface area contributed by atoms with E-state index in [1.54, 1.807) is 0 Å². The number of pyridine rings is 1. The lowest BCUT2D eigenvalue weighted by molar-refractivity contribution is 0.884. The van der Waals surface area contributed by atoms with E-state index in [-0.39, 0.29) is 0 Å². The minimum Gasteiger partial charge on any atom is -0.389 e. The molecule has 2 aromatic rings. The maximum absolute atomic E-state index is 5.88. The molecular weight excluding hydrogens is 346 g/mol. The third kappa shape index (κ3) is 3.60. The van der Waals surface area contributed by atoms with Gasteiger partial charge in [-0.15, -0.1) is 0 Å². The highest BCUT2D eigenvalue weighted by atomic mass is 79.9. The van der Waals surface area contributed by atoms with Crippen molar-refractivity contribution < 1.29 is 0 Å². The number of aryl methyl sites for hydroxylation is 2. The molecule has 5 heteroatoms. The van der Waals surface area contributed by atoms with E-state index < -0.39 is 0 Å². The Bertz CT molecular complexity index is 685. The van der Waals surface area contributed by atoms with Gasteiger partial charge >= 0.3 is 0 Å². The largest absolute Gasteiger partial charge is 0.389 e. The molecule has 0 spiro atoms. The Morgan fingerprint density at radius 2 is 2.00 bits per heavy atom. The third-order valence-electron chi connectivity index (χ3n) is 3.30. The summed E-state index contributed by atoms with van der Waals surface area (Å²) in [6.07, 6.45) is 0. The summed E-state index contributed by atoms with van der Waals surface area (Å²) in [4.78, 5) is 7.09. The number of halogens is 1. The fourth-order valence-corrected chi connectivity index (χ4v) is 3.02. The van der Waals surface area contributed by atoms with Crippen LogP contribution in [0.1, 0.15) is 22.4 Å². The summed E-state index contributed by atoms with van der Waals surface area (Å²) in [5.41, 5.74) is 9.94. The highest BCUT2D eigenvalue weighted by Crippen LogP contribution is 2.25. The number of benzene rings is 1. The quantitative estimate of drug-likeness (QED) is 0.840. The van der Waals surface area contributed by atoms with Crippen LogP contribution in [-0.2, 0) is 6.54 Å². The highest BCUT2D eigenvalue weighted by Gasteiger charge is 2.16. The lowest BCUT2D eigenvalue weighted by Gasteiger charge is -2.23. The average molecular weight is 364 g/mol. The average Bonchev–Trinajstić information content (AvgIpc) is 2.39. The molecule has 0 radical (unpaired) electrons. The van der Waals surface area contributed by atoms with Crippen LogP contribution in [0.4, 0.5) is 5.82 Å². The predicted octanol–water partition coefficient (Wildman–Crippen LogP) is 3.73. The molecule has 1 aromatic heterocycles. The van der Waals surface area contributed by atoms with Crippen LogP contribution in [0, 0.1) is 13.8 Å². The summed E-state index contributed by atoms with van der Waals surface area (Å²) in [5, 5.41) is 0. The smallest absolute Gasteiger partial charge is 0.139 e. The van der Waals surface area contributed by atoms with Crippen LogP contribution in [0.15, 0.2) is 34.8 Å². The Balaban J connectivity index is 2.41. The van der Waals surface area contributed by atoms with Gasteiger partial charge in [0, 0.05) is 23.8 Å². The number of rotatable bonds is 4. The van der Waals surface area contributed by atoms with Crippen LogP contribution >= 0.6 is 28.1 Å². The molecular formula is C16H18BrN3S. The summed E-state index contributed by atoms with van der Waals surface area (Å²) >= 11 is 8.77. The summed E-state index contributed by atoms with van der Waals surface area (Å²) in [6, 6.07) is 10.2. The Kier molecular flexibility index (Phi) is 4.96. The van der Waals surface area contributed by atoms with E-state index in [1.165, 1.54) is 5.56 Å². The molecule has 0 saturated carbocycles. The number of anilines is 1. The molecule has 2 rings (SSSR count). The van der Waals surface area contributed by atoms with E-state index in [4.69, 9.17) is 18.0 Å². The summed E-state index contributed by atoms with van der Waals surface area (Å²) in [6.45, 7) is 4.72. The van der Waals surface area contributed by atoms with E-state index >= 15 is 0 Å². The summed E-state index contributed by atoms with van der Waals surface area (Å²) in [7, 11) is 2.00. The van der Waals surface area contributed by atoms with Crippen molar-refractivity contribution in [2.24, 2.45) is 5.73 Å². The van der Waals surface area contributed by atoms with E-state index in [9.17, 15) is 0 Å². The SMILES string of the molecule is Cc1cc(C)c(C(N)=S)c(N(C)Cc2ccccc2Br)n1. The molecule has 1 heterocycles. The lowest BCUT2D eigenvalue weighted by atomic mass is 10.1. The number of nitrogens with zero attached hydrogens (tertiary/aromatic N) is 2. The van der Waals surface area contributed by atoms with Gasteiger partial charge in [-0.2, -0.15) is 0 Å². The van der Waals surface area contributed by atoms with Gasteiger partial charge in [0.2, 0.25) is 0 Å². The number of hydrogen-bond donors (Lipinski definition) is 1. The minimum atomic E-state index is 0.383. The molecule has 2 N–H and O–H groups in total. The van der Waals surface area contributed by atoms with E-state index in [1.807, 2.05) is 45.2 Å². The molecule has 0 amide bonds. The van der Waals surface area contributed by atoms with Gasteiger partial charge < -0.3 is 10.6 Å². The van der Waals surface area contributed by atoms with Gasteiger partial charge in [0.1, 0.15) is 10.8 Å². The normalized spacial score (nSPS) is 10.5.